The predicted octanol–water partition coefficient (Wildman–Crippen LogP) is 23.0. The van der Waals surface area contributed by atoms with Gasteiger partial charge in [-0.2, -0.15) is 0 Å². The number of ether oxygens (including phenoxy) is 1. The number of rotatable bonds is 13. The van der Waals surface area contributed by atoms with Gasteiger partial charge in [-0.05, 0) is 217 Å². The van der Waals surface area contributed by atoms with Gasteiger partial charge < -0.3 is 9.72 Å². The molecule has 4 aliphatic carbocycles. The summed E-state index contributed by atoms with van der Waals surface area (Å²) in [4.78, 5) is 46.1. The zero-order valence-electron chi connectivity index (χ0n) is 56.5. The Balaban J connectivity index is 0.000000114. The third-order valence-electron chi connectivity index (χ3n) is 17.6. The van der Waals surface area contributed by atoms with Crippen LogP contribution in [0.4, 0.5) is 0 Å². The quantitative estimate of drug-likeness (QED) is 0.0571. The molecule has 0 radical (unpaired) electrons. The second-order valence-electron chi connectivity index (χ2n) is 26.3. The van der Waals surface area contributed by atoms with Gasteiger partial charge in [0.1, 0.15) is 0 Å². The van der Waals surface area contributed by atoms with Gasteiger partial charge in [-0.15, -0.1) is 56.7 Å². The predicted molar refractivity (Wildman–Crippen MR) is 431 cm³/mol. The van der Waals surface area contributed by atoms with Gasteiger partial charge in [0.05, 0.1) is 75.4 Å². The molecule has 13 nitrogen and oxygen atoms in total. The van der Waals surface area contributed by atoms with Crippen LogP contribution in [-0.4, -0.2) is 105 Å². The molecule has 0 unspecified atom stereocenters. The summed E-state index contributed by atoms with van der Waals surface area (Å²) in [5, 5.41) is 0.418. The number of nitrogens with zero attached hydrogens (tertiary/aromatic N) is 7. The SMILES string of the molecule is CC(C)(C)NSc1nc2ccccc2s1.O=C1c2ccccc2C(=O)N1SC1CCCCC1.S=c1[nH]c2ccccc2s1.c1ccc2sc(SN(C3CCCCC3)C3CCCCC3)nc2c1.c1ccc2sc(SN3CCOCC3)nc2c1.c1ccc2sc(SNC3CCCCC3)nc2c1. The molecule has 1 saturated heterocycles. The van der Waals surface area contributed by atoms with E-state index in [1.54, 1.807) is 105 Å². The molecule has 24 heteroatoms. The van der Waals surface area contributed by atoms with Crippen LogP contribution >= 0.6 is 129 Å². The zero-order chi connectivity index (χ0) is 68.2. The van der Waals surface area contributed by atoms with Gasteiger partial charge in [-0.1, -0.05) is 150 Å². The van der Waals surface area contributed by atoms with E-state index in [4.69, 9.17) is 21.9 Å². The van der Waals surface area contributed by atoms with Crippen molar-refractivity contribution in [3.05, 3.63) is 161 Å². The number of fused-ring (bicyclic) bond motifs is 6. The van der Waals surface area contributed by atoms with Crippen LogP contribution < -0.4 is 9.44 Å². The molecule has 2 aliphatic heterocycles. The maximum atomic E-state index is 12.2. The Labute approximate surface area is 629 Å². The highest BCUT2D eigenvalue weighted by atomic mass is 32.2. The van der Waals surface area contributed by atoms with E-state index >= 15 is 0 Å². The number of aromatic amines is 1. The van der Waals surface area contributed by atoms with Crippen LogP contribution in [0, 0.1) is 3.95 Å². The monoisotopic (exact) mass is 1530 g/mol. The molecule has 522 valence electrons. The van der Waals surface area contributed by atoms with Crippen LogP contribution in [0.2, 0.25) is 0 Å². The molecule has 99 heavy (non-hydrogen) atoms. The van der Waals surface area contributed by atoms with Crippen LogP contribution in [0.15, 0.2) is 163 Å². The van der Waals surface area contributed by atoms with Gasteiger partial charge in [0.2, 0.25) is 0 Å². The molecular weight excluding hydrogens is 1440 g/mol. The summed E-state index contributed by atoms with van der Waals surface area (Å²) in [7, 11) is 0. The van der Waals surface area contributed by atoms with E-state index in [1.165, 1.54) is 160 Å². The Morgan fingerprint density at radius 2 is 0.909 bits per heavy atom. The molecule has 4 saturated carbocycles. The number of para-hydroxylation sites is 5. The fourth-order valence-corrected chi connectivity index (χ4v) is 23.2. The maximum absolute atomic E-state index is 12.2. The Hall–Kier alpha value is -4.32. The molecule has 3 N–H and O–H groups in total. The number of nitrogens with one attached hydrogen (secondary N) is 3. The second-order valence-corrected chi connectivity index (χ2v) is 38.1. The summed E-state index contributed by atoms with van der Waals surface area (Å²) in [6.07, 6.45) is 26.7. The minimum absolute atomic E-state index is 0.114. The van der Waals surface area contributed by atoms with E-state index in [-0.39, 0.29) is 17.4 Å². The number of H-pyrrole nitrogens is 1. The molecule has 6 aromatic carbocycles. The Morgan fingerprint density at radius 1 is 0.495 bits per heavy atom. The van der Waals surface area contributed by atoms with Crippen molar-refractivity contribution in [1.29, 1.82) is 0 Å². The highest BCUT2D eigenvalue weighted by molar-refractivity contribution is 8.00. The Bertz CT molecular complexity index is 4160. The largest absolute Gasteiger partial charge is 0.379 e. The normalized spacial score (nSPS) is 17.5. The van der Waals surface area contributed by atoms with Crippen molar-refractivity contribution in [1.82, 2.24) is 47.3 Å². The minimum atomic E-state index is -0.147. The van der Waals surface area contributed by atoms with Crippen LogP contribution in [0.25, 0.3) is 51.1 Å². The first-order valence-electron chi connectivity index (χ1n) is 34.9. The third kappa shape index (κ3) is 22.1. The summed E-state index contributed by atoms with van der Waals surface area (Å²) < 4.78 is 30.5. The number of aromatic nitrogens is 5. The average molecular weight is 1530 g/mol. The standard InChI is InChI=1S/C19H26N2S2.C14H15NO2S.C13H16N2S2.C11H12N2OS2.C11H14N2S2.C7H5NS2/c1-3-9-15(10-4-1)21(16-11-5-2-6-12-16)23-19-20-17-13-7-8-14-18(17)22-19;16-13-11-8-4-5-9-12(11)14(17)15(13)18-10-6-2-1-3-7-10;1-2-6-10(7-3-1)15-17-13-14-11-8-4-5-9-12(11)16-13;1-2-4-10-9(3-1)12-11(15-10)16-13-5-7-14-8-6-13;1-11(2,3)13-15-10-12-8-6-4-5-7-9(8)14-10;9-7-8-5-3-1-2-4-6(5)10-7/h7-8,13-16H,1-6,9-12H2;4-5,8-10H,1-3,6-7H2;4-5,8-10,15H,1-3,6-7H2;1-4H,5-8H2;4-7,13H,1-3H3;1-4H,(H,8,9). The number of carbonyl (C=O) groups is 2. The lowest BCUT2D eigenvalue weighted by Crippen LogP contribution is -2.40. The van der Waals surface area contributed by atoms with Crippen molar-refractivity contribution < 1.29 is 14.3 Å². The number of imide groups is 1. The molecule has 2 amide bonds. The van der Waals surface area contributed by atoms with Crippen molar-refractivity contribution in [2.24, 2.45) is 0 Å². The number of benzene rings is 6. The fourth-order valence-electron chi connectivity index (χ4n) is 12.6. The molecule has 7 heterocycles. The van der Waals surface area contributed by atoms with Crippen molar-refractivity contribution in [3.8, 4) is 0 Å². The highest BCUT2D eigenvalue weighted by Gasteiger charge is 2.38. The van der Waals surface area contributed by atoms with Crippen LogP contribution in [0.3, 0.4) is 0 Å². The van der Waals surface area contributed by atoms with Gasteiger partial charge in [-0.3, -0.25) is 19.0 Å². The minimum Gasteiger partial charge on any atom is -0.379 e. The first kappa shape index (κ1) is 74.4. The van der Waals surface area contributed by atoms with Crippen LogP contribution in [0.5, 0.6) is 0 Å². The van der Waals surface area contributed by atoms with Crippen LogP contribution in [-0.2, 0) is 4.74 Å². The molecule has 11 aromatic rings. The smallest absolute Gasteiger partial charge is 0.271 e. The van der Waals surface area contributed by atoms with Crippen LogP contribution in [0.1, 0.15) is 170 Å². The lowest BCUT2D eigenvalue weighted by atomic mass is 9.91. The Kier molecular flexibility index (Phi) is 28.5. The van der Waals surface area contributed by atoms with E-state index in [2.05, 4.69) is 132 Å². The van der Waals surface area contributed by atoms with Crippen molar-refractivity contribution in [2.75, 3.05) is 26.3 Å². The average Bonchev–Trinajstić information content (AvgIpc) is 1.65. The van der Waals surface area contributed by atoms with Gasteiger partial charge >= 0.3 is 0 Å². The lowest BCUT2D eigenvalue weighted by molar-refractivity contribution is 0.0771. The number of thiazole rings is 5. The van der Waals surface area contributed by atoms with Crippen molar-refractivity contribution in [2.45, 2.75) is 195 Å². The van der Waals surface area contributed by atoms with E-state index in [9.17, 15) is 9.59 Å². The Morgan fingerprint density at radius 3 is 1.40 bits per heavy atom. The highest BCUT2D eigenvalue weighted by Crippen LogP contribution is 2.42. The van der Waals surface area contributed by atoms with Gasteiger partial charge in [0, 0.05) is 42.0 Å². The molecule has 0 atom stereocenters. The summed E-state index contributed by atoms with van der Waals surface area (Å²) in [6, 6.07) is 50.8. The number of carbonyl (C=O) groups excluding carboxylic acids is 2. The summed E-state index contributed by atoms with van der Waals surface area (Å²) in [5.74, 6) is -0.294. The molecule has 5 fully saturated rings. The first-order chi connectivity index (χ1) is 48.4. The zero-order valence-corrected chi connectivity index (χ0v) is 65.5. The fraction of sp³-hybridized carbons (Fsp3) is 0.427. The first-order valence-corrected chi connectivity index (χ1v) is 43.4. The van der Waals surface area contributed by atoms with E-state index in [1.807, 2.05) is 71.8 Å². The lowest BCUT2D eigenvalue weighted by Gasteiger charge is -2.40. The number of amides is 2. The molecule has 6 aliphatic rings. The maximum Gasteiger partial charge on any atom is 0.271 e. The molecule has 5 aromatic heterocycles. The molecule has 0 spiro atoms. The second kappa shape index (κ2) is 37.9. The van der Waals surface area contributed by atoms with Gasteiger partial charge in [-0.25, -0.2) is 32.9 Å². The number of hydrogen-bond donors (Lipinski definition) is 3. The molecule has 0 bridgehead atoms. The third-order valence-corrected chi connectivity index (χ3v) is 29.0. The van der Waals surface area contributed by atoms with Crippen molar-refractivity contribution >= 4 is 192 Å². The van der Waals surface area contributed by atoms with E-state index < -0.39 is 0 Å². The summed E-state index contributed by atoms with van der Waals surface area (Å²) in [6.45, 7) is 10.1. The number of hydrogen-bond acceptors (Lipinski definition) is 22. The van der Waals surface area contributed by atoms with E-state index in [0.717, 1.165) is 95.8 Å². The summed E-state index contributed by atoms with van der Waals surface area (Å²) >= 11 is 22.2. The molecular formula is C75H88N10O3S11. The van der Waals surface area contributed by atoms with Gasteiger partial charge in [0.25, 0.3) is 11.8 Å². The number of morpholine rings is 1. The van der Waals surface area contributed by atoms with Crippen molar-refractivity contribution in [3.63, 3.8) is 0 Å². The topological polar surface area (TPSA) is 144 Å². The molecule has 17 rings (SSSR count). The van der Waals surface area contributed by atoms with Gasteiger partial charge in [0.15, 0.2) is 21.3 Å². The summed E-state index contributed by atoms with van der Waals surface area (Å²) in [5.41, 5.74) is 6.80. The van der Waals surface area contributed by atoms with E-state index in [0.29, 0.717) is 22.4 Å².